The molecule has 6 N–H and O–H groups in total. The van der Waals surface area contributed by atoms with Crippen molar-refractivity contribution in [3.8, 4) is 11.5 Å². The lowest BCUT2D eigenvalue weighted by Gasteiger charge is -2.62. The molecule has 15 nitrogen and oxygen atoms in total. The van der Waals surface area contributed by atoms with E-state index in [2.05, 4.69) is 38.5 Å². The van der Waals surface area contributed by atoms with E-state index in [0.717, 1.165) is 32.6 Å². The van der Waals surface area contributed by atoms with Gasteiger partial charge < -0.3 is 40.2 Å². The first-order valence-electron chi connectivity index (χ1n) is 18.9. The lowest BCUT2D eigenvalue weighted by atomic mass is 9.50. The highest BCUT2D eigenvalue weighted by Gasteiger charge is 2.72. The Morgan fingerprint density at radius 1 is 1.13 bits per heavy atom. The maximum atomic E-state index is 13.8. The van der Waals surface area contributed by atoms with Gasteiger partial charge in [0.05, 0.1) is 11.0 Å². The fraction of sp³-hybridized carbons (Fsp3) is 0.605. The van der Waals surface area contributed by atoms with E-state index < -0.39 is 64.9 Å². The molecule has 3 aliphatic carbocycles. The Morgan fingerprint density at radius 3 is 2.60 bits per heavy atom. The fourth-order valence-corrected chi connectivity index (χ4v) is 9.27. The van der Waals surface area contributed by atoms with Crippen molar-refractivity contribution < 1.29 is 48.2 Å². The number of aliphatic hydroxyl groups is 1. The zero-order valence-electron chi connectivity index (χ0n) is 31.4. The van der Waals surface area contributed by atoms with Crippen LogP contribution in [0.25, 0.3) is 0 Å². The summed E-state index contributed by atoms with van der Waals surface area (Å²) >= 11 is 0. The first-order valence-corrected chi connectivity index (χ1v) is 20.9. The summed E-state index contributed by atoms with van der Waals surface area (Å²) in [5, 5.41) is 32.3. The summed E-state index contributed by atoms with van der Waals surface area (Å²) < 4.78 is 18.6. The summed E-state index contributed by atoms with van der Waals surface area (Å²) in [5.41, 5.74) is -1.58. The lowest BCUT2D eigenvalue weighted by molar-refractivity contribution is -0.175. The number of unbranched alkanes of at least 4 members (excludes halogenated alkanes) is 1. The molecule has 2 aliphatic heterocycles. The topological polar surface area (TPSA) is 205 Å². The SMILES string of the molecule is C=PNCCCC[C@H](NC(=O)CCC(=O)NC(C)(C)C(=O)OC1=CC[C@@]2(O)[C@H]3Cc4ccc(OP=C)c5c4[C@@]2(CCN3CC2CC2)[C@H]1O5)C(=O)NCC(=O)O. The number of piperidine rings is 1. The number of nitrogens with zero attached hydrogens (tertiary/aromatic N) is 1. The molecule has 5 atom stereocenters. The van der Waals surface area contributed by atoms with Gasteiger partial charge in [-0.2, -0.15) is 0 Å². The van der Waals surface area contributed by atoms with Crippen LogP contribution in [0.1, 0.15) is 82.8 Å². The molecule has 17 heteroatoms. The van der Waals surface area contributed by atoms with Crippen molar-refractivity contribution in [1.82, 2.24) is 25.9 Å². The van der Waals surface area contributed by atoms with Crippen LogP contribution in [0.2, 0.25) is 0 Å². The maximum Gasteiger partial charge on any atom is 0.336 e. The number of likely N-dealkylation sites (tertiary alicyclic amines) is 1. The highest BCUT2D eigenvalue weighted by molar-refractivity contribution is 7.34. The second-order valence-corrected chi connectivity index (χ2v) is 16.7. The summed E-state index contributed by atoms with van der Waals surface area (Å²) in [6.07, 6.45) is 13.3. The number of hydrogen-bond donors (Lipinski definition) is 6. The van der Waals surface area contributed by atoms with E-state index in [0.29, 0.717) is 58.1 Å². The third-order valence-corrected chi connectivity index (χ3v) is 12.3. The molecule has 1 spiro atoms. The molecule has 0 radical (unpaired) electrons. The summed E-state index contributed by atoms with van der Waals surface area (Å²) in [7, 11) is 1.21. The Bertz CT molecular complexity index is 1770. The standard InChI is InChI=1S/C38H51N5O10P2/c1-36(2,42-29(45)13-12-28(44)41-24(7-5-6-17-40-54-3)34(48)39-20-30(46)47)35(49)51-26-14-15-38(50)27-19-23-10-11-25(53-55-4)32-31(23)37(38,33(26)52-32)16-18-43(27)21-22-8-9-22/h10-11,14,22,24,27,33,40,50H,3-9,12-13,15-21H2,1-2H3,(H,39,48)(H,41,44)(H,42,45)(H,46,47)/t24-,27+,33-,37-,38+/m0/s1. The van der Waals surface area contributed by atoms with Crippen LogP contribution in [0, 0.1) is 5.92 Å². The molecule has 5 aliphatic rings. The van der Waals surface area contributed by atoms with Crippen LogP contribution in [0.4, 0.5) is 0 Å². The van der Waals surface area contributed by atoms with Crippen molar-refractivity contribution in [3.05, 3.63) is 35.1 Å². The fourth-order valence-electron chi connectivity index (χ4n) is 8.67. The van der Waals surface area contributed by atoms with Crippen molar-refractivity contribution in [1.29, 1.82) is 0 Å². The minimum atomic E-state index is -1.51. The number of esters is 1. The Hall–Kier alpha value is -3.87. The molecular weight excluding hydrogens is 748 g/mol. The second-order valence-electron chi connectivity index (χ2n) is 15.6. The predicted octanol–water partition coefficient (Wildman–Crippen LogP) is 2.37. The van der Waals surface area contributed by atoms with Gasteiger partial charge in [0.2, 0.25) is 17.7 Å². The molecule has 1 saturated heterocycles. The van der Waals surface area contributed by atoms with Gasteiger partial charge in [0.1, 0.15) is 32.3 Å². The number of carbonyl (C=O) groups is 5. The van der Waals surface area contributed by atoms with Gasteiger partial charge in [-0.1, -0.05) is 12.4 Å². The summed E-state index contributed by atoms with van der Waals surface area (Å²) in [5.74, 6) is -1.80. The maximum absolute atomic E-state index is 13.8. The van der Waals surface area contributed by atoms with Gasteiger partial charge >= 0.3 is 11.9 Å². The first kappa shape index (κ1) is 40.8. The molecule has 3 amide bonds. The number of rotatable bonds is 20. The molecule has 1 aromatic carbocycles. The van der Waals surface area contributed by atoms with Gasteiger partial charge in [-0.05, 0) is 104 Å². The van der Waals surface area contributed by atoms with Crippen molar-refractivity contribution >= 4 is 59.0 Å². The highest BCUT2D eigenvalue weighted by Crippen LogP contribution is 2.66. The number of carboxylic acids is 1. The molecule has 55 heavy (non-hydrogen) atoms. The number of aliphatic carboxylic acids is 1. The third kappa shape index (κ3) is 8.32. The van der Waals surface area contributed by atoms with E-state index in [-0.39, 0.29) is 37.5 Å². The molecule has 0 aromatic heterocycles. The molecule has 298 valence electrons. The Kier molecular flexibility index (Phi) is 12.4. The van der Waals surface area contributed by atoms with Crippen molar-refractivity contribution in [2.75, 3.05) is 26.2 Å². The van der Waals surface area contributed by atoms with Crippen LogP contribution in [0.5, 0.6) is 11.5 Å². The summed E-state index contributed by atoms with van der Waals surface area (Å²) in [4.78, 5) is 65.8. The van der Waals surface area contributed by atoms with Crippen molar-refractivity contribution in [2.24, 2.45) is 5.92 Å². The van der Waals surface area contributed by atoms with Crippen LogP contribution in [0.15, 0.2) is 24.0 Å². The lowest BCUT2D eigenvalue weighted by Crippen LogP contribution is -2.75. The largest absolute Gasteiger partial charge is 0.480 e. The van der Waals surface area contributed by atoms with Crippen LogP contribution in [-0.2, 0) is 40.5 Å². The smallest absolute Gasteiger partial charge is 0.336 e. The van der Waals surface area contributed by atoms with Crippen LogP contribution >= 0.6 is 16.8 Å². The Balaban J connectivity index is 1.10. The molecule has 1 aromatic rings. The molecule has 2 bridgehead atoms. The van der Waals surface area contributed by atoms with Gasteiger partial charge in [-0.3, -0.25) is 29.2 Å². The Morgan fingerprint density at radius 2 is 1.89 bits per heavy atom. The molecule has 6 rings (SSSR count). The highest BCUT2D eigenvalue weighted by atomic mass is 31.1. The summed E-state index contributed by atoms with van der Waals surface area (Å²) in [6.45, 7) is 4.79. The minimum absolute atomic E-state index is 0.138. The summed E-state index contributed by atoms with van der Waals surface area (Å²) in [6, 6.07) is 2.80. The monoisotopic (exact) mass is 799 g/mol. The minimum Gasteiger partial charge on any atom is -0.480 e. The number of benzene rings is 1. The molecule has 1 saturated carbocycles. The molecule has 2 fully saturated rings. The Labute approximate surface area is 324 Å². The average Bonchev–Trinajstić information content (AvgIpc) is 3.88. The zero-order chi connectivity index (χ0) is 39.5. The number of hydrogen-bond acceptors (Lipinski definition) is 11. The van der Waals surface area contributed by atoms with E-state index >= 15 is 0 Å². The normalized spacial score (nSPS) is 25.5. The number of nitrogens with one attached hydrogen (secondary N) is 4. The second kappa shape index (κ2) is 16.7. The van der Waals surface area contributed by atoms with Crippen LogP contribution in [-0.4, -0.2) is 113 Å². The van der Waals surface area contributed by atoms with Gasteiger partial charge in [0.15, 0.2) is 17.6 Å². The molecular formula is C38H51N5O10P2. The van der Waals surface area contributed by atoms with Gasteiger partial charge in [0.25, 0.3) is 0 Å². The van der Waals surface area contributed by atoms with Crippen molar-refractivity contribution in [2.45, 2.75) is 113 Å². The van der Waals surface area contributed by atoms with E-state index in [1.165, 1.54) is 26.7 Å². The first-order chi connectivity index (χ1) is 26.2. The van der Waals surface area contributed by atoms with Crippen molar-refractivity contribution in [3.63, 3.8) is 0 Å². The number of amides is 3. The number of carbonyl (C=O) groups excluding carboxylic acids is 4. The molecule has 0 unspecified atom stereocenters. The van der Waals surface area contributed by atoms with Crippen LogP contribution < -0.4 is 30.3 Å². The van der Waals surface area contributed by atoms with E-state index in [4.69, 9.17) is 19.1 Å². The third-order valence-electron chi connectivity index (χ3n) is 11.5. The zero-order valence-corrected chi connectivity index (χ0v) is 33.1. The quantitative estimate of drug-likeness (QED) is 0.0640. The average molecular weight is 800 g/mol. The van der Waals surface area contributed by atoms with Gasteiger partial charge in [-0.25, -0.2) is 4.79 Å². The van der Waals surface area contributed by atoms with Crippen LogP contribution in [0.3, 0.4) is 0 Å². The van der Waals surface area contributed by atoms with E-state index in [9.17, 15) is 29.1 Å². The molecule has 2 heterocycles. The number of carboxylic acid groups (broad SMARTS) is 1. The van der Waals surface area contributed by atoms with Gasteiger partial charge in [0, 0.05) is 44.0 Å². The van der Waals surface area contributed by atoms with Gasteiger partial charge in [-0.15, -0.1) is 0 Å². The number of ether oxygens (including phenoxy) is 2. The van der Waals surface area contributed by atoms with E-state index in [1.807, 2.05) is 12.1 Å². The predicted molar refractivity (Wildman–Crippen MR) is 207 cm³/mol. The van der Waals surface area contributed by atoms with E-state index in [1.54, 1.807) is 6.08 Å².